The number of aryl methyl sites for hydroxylation is 1. The van der Waals surface area contributed by atoms with E-state index in [0.29, 0.717) is 0 Å². The minimum absolute atomic E-state index is 0.928. The van der Waals surface area contributed by atoms with Gasteiger partial charge in [-0.25, -0.2) is 0 Å². The second-order valence-corrected chi connectivity index (χ2v) is 7.88. The molecule has 1 atom stereocenters. The molecule has 1 saturated carbocycles. The van der Waals surface area contributed by atoms with Gasteiger partial charge in [-0.05, 0) is 43.9 Å². The summed E-state index contributed by atoms with van der Waals surface area (Å²) in [4.78, 5) is 1.66. The first-order valence-corrected chi connectivity index (χ1v) is 10.2. The molecule has 0 aliphatic heterocycles. The maximum atomic E-state index is 6.16. The van der Waals surface area contributed by atoms with Crippen LogP contribution >= 0.6 is 0 Å². The van der Waals surface area contributed by atoms with Crippen LogP contribution in [0.4, 0.5) is 0 Å². The van der Waals surface area contributed by atoms with E-state index in [1.165, 1.54) is 49.0 Å². The molecule has 0 saturated heterocycles. The summed E-state index contributed by atoms with van der Waals surface area (Å²) in [5.41, 5.74) is 4.58. The van der Waals surface area contributed by atoms with Crippen molar-refractivity contribution in [2.45, 2.75) is 39.7 Å². The monoisotopic (exact) mass is 364 g/mol. The van der Waals surface area contributed by atoms with Gasteiger partial charge in [0.1, 0.15) is 23.6 Å². The van der Waals surface area contributed by atoms with Gasteiger partial charge in [0, 0.05) is 16.9 Å². The molecule has 1 aliphatic carbocycles. The highest BCUT2D eigenvalue weighted by molar-refractivity contribution is 5.97. The summed E-state index contributed by atoms with van der Waals surface area (Å²) in [5, 5.41) is 1.14. The van der Waals surface area contributed by atoms with Crippen LogP contribution in [-0.2, 0) is 6.54 Å². The fraction of sp³-hybridized carbons (Fsp3) is 0.417. The zero-order valence-corrected chi connectivity index (χ0v) is 16.7. The van der Waals surface area contributed by atoms with Crippen molar-refractivity contribution < 1.29 is 14.1 Å². The molecule has 3 nitrogen and oxygen atoms in total. The lowest BCUT2D eigenvalue weighted by Crippen LogP contribution is -3.11. The van der Waals surface area contributed by atoms with Crippen molar-refractivity contribution in [2.24, 2.45) is 5.92 Å². The maximum Gasteiger partial charge on any atom is 0.135 e. The molecule has 3 aromatic rings. The van der Waals surface area contributed by atoms with E-state index in [-0.39, 0.29) is 0 Å². The van der Waals surface area contributed by atoms with E-state index in [1.54, 1.807) is 12.0 Å². The summed E-state index contributed by atoms with van der Waals surface area (Å²) < 4.78 is 12.0. The van der Waals surface area contributed by atoms with Crippen LogP contribution < -0.4 is 9.64 Å². The Kier molecular flexibility index (Phi) is 5.22. The van der Waals surface area contributed by atoms with Crippen molar-refractivity contribution in [1.29, 1.82) is 0 Å². The van der Waals surface area contributed by atoms with Crippen molar-refractivity contribution in [3.63, 3.8) is 0 Å². The molecule has 1 unspecified atom stereocenters. The number of furan rings is 1. The first-order chi connectivity index (χ1) is 13.2. The molecule has 1 heterocycles. The number of hydrogen-bond donors (Lipinski definition) is 1. The van der Waals surface area contributed by atoms with Crippen molar-refractivity contribution in [1.82, 2.24) is 0 Å². The summed E-state index contributed by atoms with van der Waals surface area (Å²) in [6.07, 6.45) is 4.02. The van der Waals surface area contributed by atoms with Crippen molar-refractivity contribution in [3.8, 4) is 16.9 Å². The highest BCUT2D eigenvalue weighted by Gasteiger charge is 2.27. The molecule has 1 aliphatic rings. The van der Waals surface area contributed by atoms with E-state index in [0.717, 1.165) is 34.9 Å². The zero-order chi connectivity index (χ0) is 18.8. The molecular weight excluding hydrogens is 334 g/mol. The second-order valence-electron chi connectivity index (χ2n) is 7.88. The van der Waals surface area contributed by atoms with E-state index in [2.05, 4.69) is 50.2 Å². The SMILES string of the molecule is CCC[NH+](Cc1cc2oc(C)c(-c3ccccc3)c2cc1OC)CC1CC1. The van der Waals surface area contributed by atoms with Gasteiger partial charge in [0.05, 0.1) is 25.8 Å². The molecule has 4 rings (SSSR count). The molecule has 1 aromatic heterocycles. The van der Waals surface area contributed by atoms with Gasteiger partial charge in [0.2, 0.25) is 0 Å². The molecule has 0 radical (unpaired) electrons. The molecule has 2 aromatic carbocycles. The molecule has 27 heavy (non-hydrogen) atoms. The lowest BCUT2D eigenvalue weighted by molar-refractivity contribution is -0.915. The average Bonchev–Trinajstić information content (AvgIpc) is 3.42. The lowest BCUT2D eigenvalue weighted by Gasteiger charge is -2.20. The Bertz CT molecular complexity index is 909. The average molecular weight is 365 g/mol. The fourth-order valence-corrected chi connectivity index (χ4v) is 4.19. The predicted molar refractivity (Wildman–Crippen MR) is 110 cm³/mol. The van der Waals surface area contributed by atoms with E-state index in [4.69, 9.17) is 9.15 Å². The minimum Gasteiger partial charge on any atom is -0.496 e. The van der Waals surface area contributed by atoms with Crippen molar-refractivity contribution in [2.75, 3.05) is 20.2 Å². The highest BCUT2D eigenvalue weighted by atomic mass is 16.5. The molecule has 0 amide bonds. The Morgan fingerprint density at radius 3 is 2.59 bits per heavy atom. The van der Waals surface area contributed by atoms with E-state index < -0.39 is 0 Å². The smallest absolute Gasteiger partial charge is 0.135 e. The van der Waals surface area contributed by atoms with Gasteiger partial charge in [-0.3, -0.25) is 0 Å². The molecule has 1 fully saturated rings. The van der Waals surface area contributed by atoms with Crippen LogP contribution in [0.2, 0.25) is 0 Å². The Balaban J connectivity index is 1.72. The van der Waals surface area contributed by atoms with Gasteiger partial charge in [-0.1, -0.05) is 37.3 Å². The molecule has 0 bridgehead atoms. The van der Waals surface area contributed by atoms with Crippen molar-refractivity contribution >= 4 is 11.0 Å². The van der Waals surface area contributed by atoms with Crippen LogP contribution in [0.5, 0.6) is 5.75 Å². The molecule has 0 spiro atoms. The normalized spacial score (nSPS) is 15.2. The van der Waals surface area contributed by atoms with E-state index in [1.807, 2.05) is 6.07 Å². The summed E-state index contributed by atoms with van der Waals surface area (Å²) in [6, 6.07) is 14.8. The van der Waals surface area contributed by atoms with Gasteiger partial charge in [0.15, 0.2) is 0 Å². The van der Waals surface area contributed by atoms with Gasteiger partial charge in [-0.15, -0.1) is 0 Å². The third kappa shape index (κ3) is 3.89. The van der Waals surface area contributed by atoms with Crippen LogP contribution in [-0.4, -0.2) is 20.2 Å². The minimum atomic E-state index is 0.928. The predicted octanol–water partition coefficient (Wildman–Crippen LogP) is 4.62. The summed E-state index contributed by atoms with van der Waals surface area (Å²) in [5.74, 6) is 2.87. The highest BCUT2D eigenvalue weighted by Crippen LogP contribution is 2.37. The first-order valence-electron chi connectivity index (χ1n) is 10.2. The summed E-state index contributed by atoms with van der Waals surface area (Å²) in [7, 11) is 1.78. The molecule has 1 N–H and O–H groups in total. The third-order valence-electron chi connectivity index (χ3n) is 5.65. The molecule has 3 heteroatoms. The van der Waals surface area contributed by atoms with Gasteiger partial charge < -0.3 is 14.1 Å². The fourth-order valence-electron chi connectivity index (χ4n) is 4.19. The number of hydrogen-bond acceptors (Lipinski definition) is 2. The number of benzene rings is 2. The van der Waals surface area contributed by atoms with Crippen LogP contribution in [0, 0.1) is 12.8 Å². The number of methoxy groups -OCH3 is 1. The quantitative estimate of drug-likeness (QED) is 0.631. The number of nitrogens with one attached hydrogen (secondary N) is 1. The maximum absolute atomic E-state index is 6.16. The molecule has 142 valence electrons. The number of ether oxygens (including phenoxy) is 1. The summed E-state index contributed by atoms with van der Waals surface area (Å²) >= 11 is 0. The molecular formula is C24H30NO2+. The standard InChI is InChI=1S/C24H29NO2/c1-4-12-25(15-18-10-11-18)16-20-13-23-21(14-22(20)26-3)24(17(2)27-23)19-8-6-5-7-9-19/h5-9,13-14,18H,4,10-12,15-16H2,1-3H3/p+1. The Morgan fingerprint density at radius 1 is 1.15 bits per heavy atom. The van der Waals surface area contributed by atoms with Crippen molar-refractivity contribution in [3.05, 3.63) is 53.8 Å². The third-order valence-corrected chi connectivity index (χ3v) is 5.65. The Labute approximate surface area is 161 Å². The van der Waals surface area contributed by atoms with Gasteiger partial charge in [0.25, 0.3) is 0 Å². The van der Waals surface area contributed by atoms with E-state index >= 15 is 0 Å². The second kappa shape index (κ2) is 7.77. The van der Waals surface area contributed by atoms with Crippen LogP contribution in [0.25, 0.3) is 22.1 Å². The van der Waals surface area contributed by atoms with Gasteiger partial charge in [-0.2, -0.15) is 0 Å². The number of quaternary nitrogens is 1. The Morgan fingerprint density at radius 2 is 1.93 bits per heavy atom. The number of rotatable bonds is 8. The van der Waals surface area contributed by atoms with Gasteiger partial charge >= 0.3 is 0 Å². The van der Waals surface area contributed by atoms with E-state index in [9.17, 15) is 0 Å². The van der Waals surface area contributed by atoms with Crippen LogP contribution in [0.1, 0.15) is 37.5 Å². The zero-order valence-electron chi connectivity index (χ0n) is 16.7. The number of fused-ring (bicyclic) bond motifs is 1. The first kappa shape index (κ1) is 18.1. The van der Waals surface area contributed by atoms with Crippen LogP contribution in [0.15, 0.2) is 46.9 Å². The van der Waals surface area contributed by atoms with Crippen LogP contribution in [0.3, 0.4) is 0 Å². The lowest BCUT2D eigenvalue weighted by atomic mass is 10.0. The Hall–Kier alpha value is -2.26. The topological polar surface area (TPSA) is 26.8 Å². The summed E-state index contributed by atoms with van der Waals surface area (Å²) in [6.45, 7) is 7.82. The largest absolute Gasteiger partial charge is 0.496 e.